The quantitative estimate of drug-likeness (QED) is 0.895. The lowest BCUT2D eigenvalue weighted by molar-refractivity contribution is 0.0927. The van der Waals surface area contributed by atoms with Crippen LogP contribution in [0.5, 0.6) is 0 Å². The summed E-state index contributed by atoms with van der Waals surface area (Å²) in [5, 5.41) is 6.47. The van der Waals surface area contributed by atoms with Crippen molar-refractivity contribution in [3.8, 4) is 0 Å². The smallest absolute Gasteiger partial charge is 0.254 e. The Morgan fingerprint density at radius 3 is 2.00 bits per heavy atom. The molecule has 0 saturated heterocycles. The number of hydrogen-bond acceptors (Lipinski definition) is 4. The van der Waals surface area contributed by atoms with Gasteiger partial charge in [0.2, 0.25) is 5.95 Å². The number of hydrogen-bond donors (Lipinski definition) is 2. The number of nitrogens with one attached hydrogen (secondary N) is 2. The highest BCUT2D eigenvalue weighted by molar-refractivity contribution is 5.93. The summed E-state index contributed by atoms with van der Waals surface area (Å²) in [6, 6.07) is 0.803. The van der Waals surface area contributed by atoms with Crippen LogP contribution < -0.4 is 10.6 Å². The van der Waals surface area contributed by atoms with Crippen LogP contribution in [0.4, 0.5) is 5.95 Å². The molecule has 3 rings (SSSR count). The van der Waals surface area contributed by atoms with Gasteiger partial charge in [-0.05, 0) is 25.7 Å². The molecular formula is C17H26N4O. The lowest BCUT2D eigenvalue weighted by Crippen LogP contribution is -2.36. The first-order valence-electron chi connectivity index (χ1n) is 8.71. The topological polar surface area (TPSA) is 66.9 Å². The number of carbonyl (C=O) groups excluding carboxylic acids is 1. The molecule has 0 bridgehead atoms. The van der Waals surface area contributed by atoms with Gasteiger partial charge in [-0.2, -0.15) is 0 Å². The second kappa shape index (κ2) is 7.56. The molecule has 0 radical (unpaired) electrons. The van der Waals surface area contributed by atoms with Crippen LogP contribution >= 0.6 is 0 Å². The van der Waals surface area contributed by atoms with E-state index < -0.39 is 0 Å². The van der Waals surface area contributed by atoms with Crippen LogP contribution in [0.25, 0.3) is 0 Å². The molecule has 2 N–H and O–H groups in total. The molecule has 1 aromatic heterocycles. The van der Waals surface area contributed by atoms with E-state index in [0.29, 0.717) is 23.6 Å². The third-order valence-electron chi connectivity index (χ3n) is 4.79. The van der Waals surface area contributed by atoms with Crippen molar-refractivity contribution < 1.29 is 4.79 Å². The van der Waals surface area contributed by atoms with Gasteiger partial charge in [-0.15, -0.1) is 0 Å². The van der Waals surface area contributed by atoms with Gasteiger partial charge in [0.25, 0.3) is 5.91 Å². The highest BCUT2D eigenvalue weighted by Gasteiger charge is 2.18. The Balaban J connectivity index is 1.52. The van der Waals surface area contributed by atoms with Crippen LogP contribution in [-0.4, -0.2) is 28.0 Å². The van der Waals surface area contributed by atoms with Crippen molar-refractivity contribution in [1.29, 1.82) is 0 Å². The zero-order chi connectivity index (χ0) is 15.2. The molecule has 5 heteroatoms. The fourth-order valence-electron chi connectivity index (χ4n) is 3.46. The van der Waals surface area contributed by atoms with Gasteiger partial charge in [-0.3, -0.25) is 4.79 Å². The van der Waals surface area contributed by atoms with Crippen LogP contribution in [0.2, 0.25) is 0 Å². The lowest BCUT2D eigenvalue weighted by atomic mass is 9.95. The number of rotatable bonds is 4. The number of amides is 1. The number of carbonyl (C=O) groups is 1. The zero-order valence-corrected chi connectivity index (χ0v) is 13.2. The first kappa shape index (κ1) is 15.3. The largest absolute Gasteiger partial charge is 0.351 e. The summed E-state index contributed by atoms with van der Waals surface area (Å²) in [5.41, 5.74) is 0.555. The Morgan fingerprint density at radius 2 is 1.41 bits per heavy atom. The number of anilines is 1. The minimum atomic E-state index is -0.0453. The predicted octanol–water partition coefficient (Wildman–Crippen LogP) is 3.28. The van der Waals surface area contributed by atoms with Crippen LogP contribution in [-0.2, 0) is 0 Å². The molecule has 22 heavy (non-hydrogen) atoms. The van der Waals surface area contributed by atoms with Crippen LogP contribution in [0.15, 0.2) is 12.4 Å². The molecule has 0 aromatic carbocycles. The number of nitrogens with zero attached hydrogens (tertiary/aromatic N) is 2. The fourth-order valence-corrected chi connectivity index (χ4v) is 3.46. The van der Waals surface area contributed by atoms with E-state index in [1.807, 2.05) is 0 Å². The highest BCUT2D eigenvalue weighted by atomic mass is 16.1. The Kier molecular flexibility index (Phi) is 5.24. The Morgan fingerprint density at radius 1 is 0.864 bits per heavy atom. The van der Waals surface area contributed by atoms with Gasteiger partial charge in [-0.1, -0.05) is 38.5 Å². The Bertz CT molecular complexity index is 476. The van der Waals surface area contributed by atoms with Crippen molar-refractivity contribution in [1.82, 2.24) is 15.3 Å². The molecule has 0 unspecified atom stereocenters. The molecule has 1 heterocycles. The molecule has 2 aliphatic carbocycles. The number of aromatic nitrogens is 2. The van der Waals surface area contributed by atoms with E-state index in [-0.39, 0.29) is 5.91 Å². The highest BCUT2D eigenvalue weighted by Crippen LogP contribution is 2.20. The van der Waals surface area contributed by atoms with Gasteiger partial charge < -0.3 is 10.6 Å². The summed E-state index contributed by atoms with van der Waals surface area (Å²) in [6.45, 7) is 0. The molecule has 5 nitrogen and oxygen atoms in total. The van der Waals surface area contributed by atoms with E-state index in [4.69, 9.17) is 0 Å². The van der Waals surface area contributed by atoms with Crippen molar-refractivity contribution in [3.05, 3.63) is 18.0 Å². The zero-order valence-electron chi connectivity index (χ0n) is 13.2. The summed E-state index contributed by atoms with van der Waals surface area (Å²) < 4.78 is 0. The van der Waals surface area contributed by atoms with E-state index in [2.05, 4.69) is 20.6 Å². The maximum atomic E-state index is 12.2. The predicted molar refractivity (Wildman–Crippen MR) is 86.9 cm³/mol. The van der Waals surface area contributed by atoms with Gasteiger partial charge >= 0.3 is 0 Å². The third-order valence-corrected chi connectivity index (χ3v) is 4.79. The van der Waals surface area contributed by atoms with Crippen LogP contribution in [0.3, 0.4) is 0 Å². The fraction of sp³-hybridized carbons (Fsp3) is 0.706. The standard InChI is InChI=1S/C17H26N4O/c22-16(20-14-7-3-1-4-8-14)13-11-18-17(19-12-13)21-15-9-5-2-6-10-15/h11-12,14-15H,1-10H2,(H,20,22)(H,18,19,21). The first-order chi connectivity index (χ1) is 10.8. The van der Waals surface area contributed by atoms with Crippen molar-refractivity contribution in [3.63, 3.8) is 0 Å². The third kappa shape index (κ3) is 4.18. The molecule has 1 aromatic rings. The van der Waals surface area contributed by atoms with E-state index in [1.165, 1.54) is 51.4 Å². The average molecular weight is 302 g/mol. The molecule has 2 saturated carbocycles. The van der Waals surface area contributed by atoms with Crippen molar-refractivity contribution in [2.45, 2.75) is 76.3 Å². The molecule has 2 aliphatic rings. The molecule has 120 valence electrons. The molecular weight excluding hydrogens is 276 g/mol. The van der Waals surface area contributed by atoms with Gasteiger partial charge in [-0.25, -0.2) is 9.97 Å². The van der Waals surface area contributed by atoms with E-state index >= 15 is 0 Å². The van der Waals surface area contributed by atoms with E-state index in [9.17, 15) is 4.79 Å². The SMILES string of the molecule is O=C(NC1CCCCC1)c1cnc(NC2CCCCC2)nc1. The Hall–Kier alpha value is -1.65. The minimum absolute atomic E-state index is 0.0453. The monoisotopic (exact) mass is 302 g/mol. The van der Waals surface area contributed by atoms with E-state index in [1.54, 1.807) is 12.4 Å². The first-order valence-corrected chi connectivity index (χ1v) is 8.71. The summed E-state index contributed by atoms with van der Waals surface area (Å²) in [6.07, 6.45) is 15.4. The summed E-state index contributed by atoms with van der Waals surface area (Å²) in [5.74, 6) is 0.595. The molecule has 1 amide bonds. The van der Waals surface area contributed by atoms with Crippen molar-refractivity contribution in [2.24, 2.45) is 0 Å². The van der Waals surface area contributed by atoms with Gasteiger partial charge in [0.05, 0.1) is 5.56 Å². The molecule has 0 aliphatic heterocycles. The second-order valence-corrected chi connectivity index (χ2v) is 6.58. The van der Waals surface area contributed by atoms with Crippen LogP contribution in [0, 0.1) is 0 Å². The summed E-state index contributed by atoms with van der Waals surface area (Å²) in [4.78, 5) is 20.8. The lowest BCUT2D eigenvalue weighted by Gasteiger charge is -2.23. The second-order valence-electron chi connectivity index (χ2n) is 6.58. The minimum Gasteiger partial charge on any atom is -0.351 e. The van der Waals surface area contributed by atoms with Gasteiger partial charge in [0.1, 0.15) is 0 Å². The maximum absolute atomic E-state index is 12.2. The van der Waals surface area contributed by atoms with E-state index in [0.717, 1.165) is 12.8 Å². The summed E-state index contributed by atoms with van der Waals surface area (Å²) in [7, 11) is 0. The van der Waals surface area contributed by atoms with Crippen molar-refractivity contribution >= 4 is 11.9 Å². The van der Waals surface area contributed by atoms with Gasteiger partial charge in [0.15, 0.2) is 0 Å². The van der Waals surface area contributed by atoms with Crippen LogP contribution in [0.1, 0.15) is 74.6 Å². The summed E-state index contributed by atoms with van der Waals surface area (Å²) >= 11 is 0. The van der Waals surface area contributed by atoms with Crippen molar-refractivity contribution in [2.75, 3.05) is 5.32 Å². The molecule has 0 spiro atoms. The molecule has 0 atom stereocenters. The maximum Gasteiger partial charge on any atom is 0.254 e. The Labute approximate surface area is 132 Å². The molecule has 2 fully saturated rings. The van der Waals surface area contributed by atoms with Gasteiger partial charge in [0, 0.05) is 24.5 Å². The normalized spacial score (nSPS) is 20.5. The average Bonchev–Trinajstić information content (AvgIpc) is 2.57.